The molecule has 0 aliphatic carbocycles. The Hall–Kier alpha value is -2.95. The van der Waals surface area contributed by atoms with Crippen LogP contribution in [0.2, 0.25) is 0 Å². The first-order valence-electron chi connectivity index (χ1n) is 8.59. The molecule has 5 unspecified atom stereocenters. The summed E-state index contributed by atoms with van der Waals surface area (Å²) in [7, 11) is 0. The highest BCUT2D eigenvalue weighted by atomic mass is 16.7. The molecule has 0 spiro atoms. The number of esters is 5. The van der Waals surface area contributed by atoms with Gasteiger partial charge < -0.3 is 28.4 Å². The van der Waals surface area contributed by atoms with E-state index < -0.39 is 67.2 Å². The number of carbonyl (C=O) groups excluding carboxylic acids is 5. The van der Waals surface area contributed by atoms with Crippen molar-refractivity contribution in [3.8, 4) is 0 Å². The third-order valence-electron chi connectivity index (χ3n) is 3.52. The Morgan fingerprint density at radius 3 is 1.66 bits per heavy atom. The van der Waals surface area contributed by atoms with Crippen LogP contribution in [0.1, 0.15) is 34.6 Å². The number of hydrogen-bond acceptors (Lipinski definition) is 11. The molecule has 1 saturated heterocycles. The highest BCUT2D eigenvalue weighted by Crippen LogP contribution is 2.30. The number of hydrogen-bond donors (Lipinski definition) is 0. The van der Waals surface area contributed by atoms with Gasteiger partial charge in [0.1, 0.15) is 12.7 Å². The first kappa shape index (κ1) is 24.1. The van der Waals surface area contributed by atoms with Gasteiger partial charge in [-0.15, -0.1) is 0 Å². The molecule has 5 atom stereocenters. The van der Waals surface area contributed by atoms with Crippen molar-refractivity contribution in [1.29, 1.82) is 0 Å². The maximum Gasteiger partial charge on any atom is 0.335 e. The van der Waals surface area contributed by atoms with Gasteiger partial charge in [-0.1, -0.05) is 6.58 Å². The minimum atomic E-state index is -1.56. The first-order valence-corrected chi connectivity index (χ1v) is 8.59. The number of carbonyl (C=O) groups is 5. The molecule has 1 rings (SSSR count). The van der Waals surface area contributed by atoms with Gasteiger partial charge in [0.2, 0.25) is 12.4 Å². The van der Waals surface area contributed by atoms with Crippen LogP contribution in [-0.2, 0) is 52.4 Å². The van der Waals surface area contributed by atoms with Gasteiger partial charge in [0.05, 0.1) is 0 Å². The van der Waals surface area contributed by atoms with Crippen molar-refractivity contribution in [3.63, 3.8) is 0 Å². The SMILES string of the molecule is C=C(C)C(=O)OC1OC(COC(C)=O)C(OC(C)=O)C(OC(C)=O)C1OC(C)=O. The van der Waals surface area contributed by atoms with E-state index in [1.54, 1.807) is 0 Å². The summed E-state index contributed by atoms with van der Waals surface area (Å²) < 4.78 is 31.2. The van der Waals surface area contributed by atoms with Crippen LogP contribution < -0.4 is 0 Å². The molecule has 0 bridgehead atoms. The van der Waals surface area contributed by atoms with E-state index in [1.165, 1.54) is 6.92 Å². The van der Waals surface area contributed by atoms with E-state index in [9.17, 15) is 24.0 Å². The normalized spacial score (nSPS) is 25.9. The zero-order chi connectivity index (χ0) is 22.3. The number of ether oxygens (including phenoxy) is 6. The highest BCUT2D eigenvalue weighted by molar-refractivity contribution is 5.87. The first-order chi connectivity index (χ1) is 13.4. The molecule has 1 aliphatic rings. The van der Waals surface area contributed by atoms with Crippen molar-refractivity contribution >= 4 is 29.8 Å². The predicted octanol–water partition coefficient (Wildman–Crippen LogP) is 0.189. The highest BCUT2D eigenvalue weighted by Gasteiger charge is 2.53. The van der Waals surface area contributed by atoms with Gasteiger partial charge in [-0.25, -0.2) is 4.79 Å². The van der Waals surface area contributed by atoms with Gasteiger partial charge in [-0.05, 0) is 6.92 Å². The summed E-state index contributed by atoms with van der Waals surface area (Å²) in [6.07, 6.45) is -6.93. The Labute approximate surface area is 167 Å². The molecular formula is C18H24O11. The second kappa shape index (κ2) is 10.6. The molecule has 0 amide bonds. The van der Waals surface area contributed by atoms with Gasteiger partial charge in [-0.3, -0.25) is 19.2 Å². The third kappa shape index (κ3) is 7.53. The lowest BCUT2D eigenvalue weighted by molar-refractivity contribution is -0.299. The molecule has 0 aromatic carbocycles. The molecule has 1 heterocycles. The third-order valence-corrected chi connectivity index (χ3v) is 3.52. The molecule has 0 aromatic rings. The maximum atomic E-state index is 12.0. The van der Waals surface area contributed by atoms with Crippen LogP contribution in [0.15, 0.2) is 12.2 Å². The molecule has 162 valence electrons. The van der Waals surface area contributed by atoms with Gasteiger partial charge >= 0.3 is 29.8 Å². The lowest BCUT2D eigenvalue weighted by atomic mass is 9.98. The van der Waals surface area contributed by atoms with E-state index in [2.05, 4.69) is 6.58 Å². The van der Waals surface area contributed by atoms with Gasteiger partial charge in [-0.2, -0.15) is 0 Å². The molecular weight excluding hydrogens is 392 g/mol. The second-order valence-electron chi connectivity index (χ2n) is 6.25. The summed E-state index contributed by atoms with van der Waals surface area (Å²) in [5, 5.41) is 0. The summed E-state index contributed by atoms with van der Waals surface area (Å²) in [4.78, 5) is 58.0. The molecule has 1 aliphatic heterocycles. The largest absolute Gasteiger partial charge is 0.463 e. The Kier molecular flexibility index (Phi) is 8.77. The monoisotopic (exact) mass is 416 g/mol. The molecule has 11 heteroatoms. The van der Waals surface area contributed by atoms with Crippen LogP contribution in [0.4, 0.5) is 0 Å². The fourth-order valence-electron chi connectivity index (χ4n) is 2.49. The maximum absolute atomic E-state index is 12.0. The minimum absolute atomic E-state index is 0.0258. The average molecular weight is 416 g/mol. The zero-order valence-corrected chi connectivity index (χ0v) is 16.8. The van der Waals surface area contributed by atoms with Crippen LogP contribution in [-0.4, -0.2) is 67.2 Å². The zero-order valence-electron chi connectivity index (χ0n) is 16.8. The molecule has 11 nitrogen and oxygen atoms in total. The summed E-state index contributed by atoms with van der Waals surface area (Å²) >= 11 is 0. The molecule has 1 fully saturated rings. The Morgan fingerprint density at radius 1 is 0.724 bits per heavy atom. The van der Waals surface area contributed by atoms with Crippen molar-refractivity contribution in [1.82, 2.24) is 0 Å². The Morgan fingerprint density at radius 2 is 1.21 bits per heavy atom. The molecule has 0 radical (unpaired) electrons. The molecule has 29 heavy (non-hydrogen) atoms. The van der Waals surface area contributed by atoms with Crippen molar-refractivity contribution in [2.24, 2.45) is 0 Å². The van der Waals surface area contributed by atoms with E-state index in [4.69, 9.17) is 28.4 Å². The molecule has 0 aromatic heterocycles. The summed E-state index contributed by atoms with van der Waals surface area (Å²) in [5.74, 6) is -3.88. The minimum Gasteiger partial charge on any atom is -0.463 e. The van der Waals surface area contributed by atoms with E-state index in [0.717, 1.165) is 27.7 Å². The van der Waals surface area contributed by atoms with Crippen molar-refractivity contribution < 1.29 is 52.4 Å². The van der Waals surface area contributed by atoms with Gasteiger partial charge in [0, 0.05) is 33.3 Å². The summed E-state index contributed by atoms with van der Waals surface area (Å²) in [5.41, 5.74) is 0.0258. The van der Waals surface area contributed by atoms with Crippen LogP contribution in [0, 0.1) is 0 Å². The van der Waals surface area contributed by atoms with Crippen molar-refractivity contribution in [3.05, 3.63) is 12.2 Å². The molecule has 0 N–H and O–H groups in total. The van der Waals surface area contributed by atoms with Crippen LogP contribution in [0.3, 0.4) is 0 Å². The van der Waals surface area contributed by atoms with Crippen LogP contribution in [0.25, 0.3) is 0 Å². The predicted molar refractivity (Wildman–Crippen MR) is 92.9 cm³/mol. The fraction of sp³-hybridized carbons (Fsp3) is 0.611. The van der Waals surface area contributed by atoms with Crippen LogP contribution >= 0.6 is 0 Å². The summed E-state index contributed by atoms with van der Waals surface area (Å²) in [6.45, 7) is 8.82. The fourth-order valence-corrected chi connectivity index (χ4v) is 2.49. The number of rotatable bonds is 7. The standard InChI is InChI=1S/C18H24O11/c1-8(2)17(23)29-18-16(27-12(6)22)15(26-11(5)21)14(25-10(4)20)13(28-18)7-24-9(3)19/h13-16,18H,1,7H2,2-6H3. The van der Waals surface area contributed by atoms with E-state index in [-0.39, 0.29) is 5.57 Å². The topological polar surface area (TPSA) is 141 Å². The smallest absolute Gasteiger partial charge is 0.335 e. The van der Waals surface area contributed by atoms with Gasteiger partial charge in [0.25, 0.3) is 0 Å². The average Bonchev–Trinajstić information content (AvgIpc) is 2.56. The lowest BCUT2D eigenvalue weighted by Crippen LogP contribution is -2.63. The second-order valence-corrected chi connectivity index (χ2v) is 6.25. The molecule has 0 saturated carbocycles. The van der Waals surface area contributed by atoms with E-state index >= 15 is 0 Å². The van der Waals surface area contributed by atoms with Crippen molar-refractivity contribution in [2.45, 2.75) is 65.3 Å². The summed E-state index contributed by atoms with van der Waals surface area (Å²) in [6, 6.07) is 0. The Bertz CT molecular complexity index is 683. The quantitative estimate of drug-likeness (QED) is 0.319. The Balaban J connectivity index is 3.35. The lowest BCUT2D eigenvalue weighted by Gasteiger charge is -2.43. The van der Waals surface area contributed by atoms with Gasteiger partial charge in [0.15, 0.2) is 12.2 Å². The van der Waals surface area contributed by atoms with E-state index in [1.807, 2.05) is 0 Å². The van der Waals surface area contributed by atoms with Crippen molar-refractivity contribution in [2.75, 3.05) is 6.61 Å². The van der Waals surface area contributed by atoms with Crippen LogP contribution in [0.5, 0.6) is 0 Å². The van der Waals surface area contributed by atoms with E-state index in [0.29, 0.717) is 0 Å².